The van der Waals surface area contributed by atoms with E-state index in [1.807, 2.05) is 42.3 Å². The Bertz CT molecular complexity index is 952. The number of rotatable bonds is 4. The number of nitriles is 1. The maximum Gasteiger partial charge on any atom is 0.421 e. The average molecular weight is 372 g/mol. The Morgan fingerprint density at radius 2 is 2.13 bits per heavy atom. The molecule has 0 unspecified atom stereocenters. The molecule has 23 heavy (non-hydrogen) atoms. The van der Waals surface area contributed by atoms with Crippen LogP contribution in [0.1, 0.15) is 11.1 Å². The maximum atomic E-state index is 12.0. The van der Waals surface area contributed by atoms with E-state index in [-0.39, 0.29) is 5.76 Å². The van der Waals surface area contributed by atoms with Crippen LogP contribution in [0, 0.1) is 11.3 Å². The minimum Gasteiger partial charge on any atom is -0.408 e. The van der Waals surface area contributed by atoms with Gasteiger partial charge in [-0.3, -0.25) is 9.47 Å². The van der Waals surface area contributed by atoms with Crippen LogP contribution in [0.3, 0.4) is 0 Å². The van der Waals surface area contributed by atoms with Crippen molar-refractivity contribution in [3.05, 3.63) is 68.6 Å². The van der Waals surface area contributed by atoms with Gasteiger partial charge in [0.15, 0.2) is 5.58 Å². The van der Waals surface area contributed by atoms with E-state index in [2.05, 4.69) is 22.0 Å². The van der Waals surface area contributed by atoms with E-state index in [0.29, 0.717) is 24.4 Å². The van der Waals surface area contributed by atoms with Crippen LogP contribution < -0.4 is 5.76 Å². The molecule has 0 saturated carbocycles. The predicted octanol–water partition coefficient (Wildman–Crippen LogP) is 3.32. The molecular weight excluding hydrogens is 358 g/mol. The van der Waals surface area contributed by atoms with Crippen LogP contribution in [0.5, 0.6) is 0 Å². The fraction of sp³-hybridized carbons (Fsp3) is 0.176. The Morgan fingerprint density at radius 3 is 2.91 bits per heavy atom. The van der Waals surface area contributed by atoms with E-state index in [9.17, 15) is 4.79 Å². The van der Waals surface area contributed by atoms with E-state index in [1.54, 1.807) is 16.7 Å². The van der Waals surface area contributed by atoms with Crippen molar-refractivity contribution < 1.29 is 4.42 Å². The summed E-state index contributed by atoms with van der Waals surface area (Å²) in [4.78, 5) is 14.0. The van der Waals surface area contributed by atoms with Crippen LogP contribution in [0.4, 0.5) is 0 Å². The summed E-state index contributed by atoms with van der Waals surface area (Å²) >= 11 is 3.37. The second kappa shape index (κ2) is 6.41. The lowest BCUT2D eigenvalue weighted by Gasteiger charge is -2.17. The molecule has 5 nitrogen and oxygen atoms in total. The molecule has 1 heterocycles. The summed E-state index contributed by atoms with van der Waals surface area (Å²) in [7, 11) is 1.92. The van der Waals surface area contributed by atoms with Gasteiger partial charge in [-0.05, 0) is 42.9 Å². The first-order valence-corrected chi connectivity index (χ1v) is 7.82. The highest BCUT2D eigenvalue weighted by Crippen LogP contribution is 2.19. The number of hydrogen-bond donors (Lipinski definition) is 0. The second-order valence-corrected chi connectivity index (χ2v) is 6.29. The summed E-state index contributed by atoms with van der Waals surface area (Å²) in [5, 5.41) is 8.96. The number of benzene rings is 2. The first-order chi connectivity index (χ1) is 11.1. The van der Waals surface area contributed by atoms with Gasteiger partial charge in [-0.1, -0.05) is 28.1 Å². The third-order valence-corrected chi connectivity index (χ3v) is 4.01. The van der Waals surface area contributed by atoms with Crippen LogP contribution in [0.2, 0.25) is 0 Å². The summed E-state index contributed by atoms with van der Waals surface area (Å²) in [5.74, 6) is -0.379. The van der Waals surface area contributed by atoms with Crippen LogP contribution in [-0.4, -0.2) is 16.5 Å². The van der Waals surface area contributed by atoms with Crippen LogP contribution in [-0.2, 0) is 13.2 Å². The summed E-state index contributed by atoms with van der Waals surface area (Å²) in [6.07, 6.45) is 0. The minimum absolute atomic E-state index is 0.379. The van der Waals surface area contributed by atoms with Crippen molar-refractivity contribution in [2.24, 2.45) is 0 Å². The number of oxazole rings is 1. The quantitative estimate of drug-likeness (QED) is 0.705. The van der Waals surface area contributed by atoms with E-state index >= 15 is 0 Å². The number of halogens is 1. The number of nitrogens with zero attached hydrogens (tertiary/aromatic N) is 3. The Balaban J connectivity index is 1.83. The highest BCUT2D eigenvalue weighted by atomic mass is 79.9. The molecule has 1 aromatic heterocycles. The molecule has 0 fully saturated rings. The smallest absolute Gasteiger partial charge is 0.408 e. The van der Waals surface area contributed by atoms with E-state index < -0.39 is 0 Å². The monoisotopic (exact) mass is 371 g/mol. The van der Waals surface area contributed by atoms with E-state index in [4.69, 9.17) is 9.68 Å². The lowest BCUT2D eigenvalue weighted by atomic mass is 10.1. The van der Waals surface area contributed by atoms with Crippen molar-refractivity contribution in [1.29, 1.82) is 5.26 Å². The Kier molecular flexibility index (Phi) is 4.33. The molecule has 116 valence electrons. The SMILES string of the molecule is CN(Cc1cccc(C#N)c1)Cn1c(=O)oc2cc(Br)ccc21. The topological polar surface area (TPSA) is 62.2 Å². The molecule has 2 aromatic carbocycles. The number of fused-ring (bicyclic) bond motifs is 1. The Labute approximate surface area is 141 Å². The molecule has 3 aromatic rings. The molecule has 0 radical (unpaired) electrons. The molecule has 0 saturated heterocycles. The lowest BCUT2D eigenvalue weighted by Crippen LogP contribution is -2.27. The number of hydrogen-bond acceptors (Lipinski definition) is 4. The van der Waals surface area contributed by atoms with Crippen molar-refractivity contribution in [2.45, 2.75) is 13.2 Å². The molecule has 6 heteroatoms. The van der Waals surface area contributed by atoms with Crippen molar-refractivity contribution in [3.63, 3.8) is 0 Å². The largest absolute Gasteiger partial charge is 0.421 e. The first kappa shape index (κ1) is 15.5. The average Bonchev–Trinajstić information content (AvgIpc) is 2.82. The van der Waals surface area contributed by atoms with Gasteiger partial charge >= 0.3 is 5.76 Å². The van der Waals surface area contributed by atoms with E-state index in [0.717, 1.165) is 15.6 Å². The minimum atomic E-state index is -0.379. The fourth-order valence-electron chi connectivity index (χ4n) is 2.52. The molecule has 0 aliphatic carbocycles. The van der Waals surface area contributed by atoms with Crippen molar-refractivity contribution >= 4 is 27.0 Å². The van der Waals surface area contributed by atoms with Crippen molar-refractivity contribution in [1.82, 2.24) is 9.47 Å². The lowest BCUT2D eigenvalue weighted by molar-refractivity contribution is 0.253. The molecular formula is C17H14BrN3O2. The first-order valence-electron chi connectivity index (χ1n) is 7.03. The van der Waals surface area contributed by atoms with E-state index in [1.165, 1.54) is 0 Å². The zero-order chi connectivity index (χ0) is 16.4. The van der Waals surface area contributed by atoms with Gasteiger partial charge in [-0.25, -0.2) is 4.79 Å². The highest BCUT2D eigenvalue weighted by Gasteiger charge is 2.11. The number of aromatic nitrogens is 1. The maximum absolute atomic E-state index is 12.0. The molecule has 3 rings (SSSR count). The molecule has 0 amide bonds. The van der Waals surface area contributed by atoms with Gasteiger partial charge in [0.2, 0.25) is 0 Å². The molecule has 0 spiro atoms. The zero-order valence-corrected chi connectivity index (χ0v) is 14.1. The van der Waals surface area contributed by atoms with Crippen LogP contribution >= 0.6 is 15.9 Å². The third-order valence-electron chi connectivity index (χ3n) is 3.52. The fourth-order valence-corrected chi connectivity index (χ4v) is 2.86. The van der Waals surface area contributed by atoms with Gasteiger partial charge in [-0.2, -0.15) is 5.26 Å². The zero-order valence-electron chi connectivity index (χ0n) is 12.5. The molecule has 0 atom stereocenters. The third kappa shape index (κ3) is 3.36. The van der Waals surface area contributed by atoms with Gasteiger partial charge in [0.25, 0.3) is 0 Å². The molecule has 0 bridgehead atoms. The highest BCUT2D eigenvalue weighted by molar-refractivity contribution is 9.10. The molecule has 0 aliphatic heterocycles. The van der Waals surface area contributed by atoms with Crippen molar-refractivity contribution in [3.8, 4) is 6.07 Å². The predicted molar refractivity (Wildman–Crippen MR) is 90.8 cm³/mol. The van der Waals surface area contributed by atoms with Gasteiger partial charge in [0.1, 0.15) is 0 Å². The summed E-state index contributed by atoms with van der Waals surface area (Å²) in [6, 6.07) is 15.1. The summed E-state index contributed by atoms with van der Waals surface area (Å²) in [5.41, 5.74) is 2.97. The summed E-state index contributed by atoms with van der Waals surface area (Å²) < 4.78 is 7.74. The normalized spacial score (nSPS) is 11.0. The Hall–Kier alpha value is -2.36. The Morgan fingerprint density at radius 1 is 1.30 bits per heavy atom. The second-order valence-electron chi connectivity index (χ2n) is 5.38. The molecule has 0 aliphatic rings. The standard InChI is InChI=1S/C17H14BrN3O2/c1-20(10-13-4-2-3-12(7-13)9-19)11-21-15-6-5-14(18)8-16(15)23-17(21)22/h2-8H,10-11H2,1H3. The van der Waals surface area contributed by atoms with Crippen LogP contribution in [0.25, 0.3) is 11.1 Å². The van der Waals surface area contributed by atoms with Crippen LogP contribution in [0.15, 0.2) is 56.1 Å². The summed E-state index contributed by atoms with van der Waals surface area (Å²) in [6.45, 7) is 1.04. The van der Waals surface area contributed by atoms with Gasteiger partial charge < -0.3 is 4.42 Å². The van der Waals surface area contributed by atoms with Gasteiger partial charge in [0.05, 0.1) is 23.8 Å². The van der Waals surface area contributed by atoms with Crippen molar-refractivity contribution in [2.75, 3.05) is 7.05 Å². The van der Waals surface area contributed by atoms with Gasteiger partial charge in [-0.15, -0.1) is 0 Å². The molecule has 0 N–H and O–H groups in total. The van der Waals surface area contributed by atoms with Gasteiger partial charge in [0, 0.05) is 11.0 Å².